The summed E-state index contributed by atoms with van der Waals surface area (Å²) in [5.41, 5.74) is 10.6. The monoisotopic (exact) mass is 302 g/mol. The van der Waals surface area contributed by atoms with Crippen molar-refractivity contribution in [3.8, 4) is 0 Å². The van der Waals surface area contributed by atoms with Gasteiger partial charge < -0.3 is 11.5 Å². The Hall–Kier alpha value is -1.84. The number of nitrogens with zero attached hydrogens (tertiary/aromatic N) is 2. The van der Waals surface area contributed by atoms with Crippen LogP contribution >= 0.6 is 15.9 Å². The smallest absolute Gasteiger partial charge is 0.333 e. The van der Waals surface area contributed by atoms with Gasteiger partial charge in [0.2, 0.25) is 0 Å². The van der Waals surface area contributed by atoms with Crippen molar-refractivity contribution in [2.75, 3.05) is 10.0 Å². The van der Waals surface area contributed by atoms with Crippen LogP contribution in [0.2, 0.25) is 0 Å². The van der Waals surface area contributed by atoms with Crippen molar-refractivity contribution < 1.29 is 9.59 Å². The number of carbonyl (C=O) groups is 2. The molecule has 0 aliphatic carbocycles. The van der Waals surface area contributed by atoms with E-state index in [4.69, 9.17) is 23.2 Å². The molecule has 9 heteroatoms. The van der Waals surface area contributed by atoms with Crippen LogP contribution < -0.4 is 33.2 Å². The number of amides is 4. The van der Waals surface area contributed by atoms with Gasteiger partial charge in [0.15, 0.2) is 0 Å². The Morgan fingerprint density at radius 2 is 1.35 bits per heavy atom. The zero-order chi connectivity index (χ0) is 13.2. The molecule has 0 aromatic heterocycles. The molecule has 1 aromatic rings. The summed E-state index contributed by atoms with van der Waals surface area (Å²) in [4.78, 5) is 21.9. The Labute approximate surface area is 105 Å². The average Bonchev–Trinajstić information content (AvgIpc) is 2.27. The van der Waals surface area contributed by atoms with E-state index in [1.165, 1.54) is 12.1 Å². The molecule has 1 rings (SSSR count). The van der Waals surface area contributed by atoms with Crippen LogP contribution in [0.25, 0.3) is 0 Å². The Morgan fingerprint density at radius 1 is 1.00 bits per heavy atom. The number of halogens is 1. The minimum atomic E-state index is -0.856. The second kappa shape index (κ2) is 4.99. The molecule has 0 saturated carbocycles. The van der Waals surface area contributed by atoms with Crippen LogP contribution in [0.4, 0.5) is 21.0 Å². The second-order valence-corrected chi connectivity index (χ2v) is 3.82. The van der Waals surface area contributed by atoms with Gasteiger partial charge in [0.25, 0.3) is 0 Å². The van der Waals surface area contributed by atoms with Crippen LogP contribution in [0, 0.1) is 0 Å². The summed E-state index contributed by atoms with van der Waals surface area (Å²) >= 11 is 3.16. The maximum absolute atomic E-state index is 10.9. The standard InChI is InChI=1S/C8H11BrN6O2/c9-6-4(14(12)7(10)16)2-1-3-5(6)15(13)8(11)17/h1-3H,12-13H2,(H2,10,16)(H2,11,17). The molecule has 0 aliphatic rings. The molecule has 0 saturated heterocycles. The molecule has 92 valence electrons. The van der Waals surface area contributed by atoms with Crippen molar-refractivity contribution in [3.63, 3.8) is 0 Å². The van der Waals surface area contributed by atoms with E-state index in [1.807, 2.05) is 0 Å². The molecule has 0 spiro atoms. The summed E-state index contributed by atoms with van der Waals surface area (Å²) < 4.78 is 0.322. The first kappa shape index (κ1) is 13.2. The minimum Gasteiger partial charge on any atom is -0.350 e. The summed E-state index contributed by atoms with van der Waals surface area (Å²) in [6.07, 6.45) is 0. The summed E-state index contributed by atoms with van der Waals surface area (Å²) in [5, 5.41) is 1.42. The average molecular weight is 303 g/mol. The van der Waals surface area contributed by atoms with E-state index in [1.54, 1.807) is 6.07 Å². The molecule has 4 amide bonds. The lowest BCUT2D eigenvalue weighted by atomic mass is 10.2. The first-order chi connectivity index (χ1) is 7.86. The first-order valence-corrected chi connectivity index (χ1v) is 5.12. The van der Waals surface area contributed by atoms with Crippen LogP contribution in [0.5, 0.6) is 0 Å². The molecule has 17 heavy (non-hydrogen) atoms. The zero-order valence-electron chi connectivity index (χ0n) is 8.63. The van der Waals surface area contributed by atoms with Crippen molar-refractivity contribution in [1.82, 2.24) is 0 Å². The van der Waals surface area contributed by atoms with Gasteiger partial charge in [-0.05, 0) is 28.1 Å². The number of urea groups is 2. The van der Waals surface area contributed by atoms with Gasteiger partial charge in [0.1, 0.15) is 0 Å². The highest BCUT2D eigenvalue weighted by atomic mass is 79.9. The fourth-order valence-corrected chi connectivity index (χ4v) is 1.76. The number of carbonyl (C=O) groups excluding carboxylic acids is 2. The van der Waals surface area contributed by atoms with Gasteiger partial charge in [-0.25, -0.2) is 31.3 Å². The fraction of sp³-hybridized carbons (Fsp3) is 0. The van der Waals surface area contributed by atoms with E-state index < -0.39 is 12.1 Å². The number of hydrogen-bond donors (Lipinski definition) is 4. The Bertz CT molecular complexity index is 427. The lowest BCUT2D eigenvalue weighted by Crippen LogP contribution is -2.43. The van der Waals surface area contributed by atoms with Crippen molar-refractivity contribution in [2.45, 2.75) is 0 Å². The molecule has 8 N–H and O–H groups in total. The summed E-state index contributed by atoms with van der Waals surface area (Å²) in [7, 11) is 0. The number of hydrazine groups is 2. The summed E-state index contributed by atoms with van der Waals surface area (Å²) in [6.45, 7) is 0. The van der Waals surface area contributed by atoms with Crippen molar-refractivity contribution in [1.29, 1.82) is 0 Å². The SMILES string of the molecule is NC(=O)N(N)c1cccc(N(N)C(N)=O)c1Br. The van der Waals surface area contributed by atoms with Gasteiger partial charge in [0, 0.05) is 0 Å². The summed E-state index contributed by atoms with van der Waals surface area (Å²) in [6, 6.07) is 2.87. The Kier molecular flexibility index (Phi) is 3.89. The van der Waals surface area contributed by atoms with Gasteiger partial charge in [-0.15, -0.1) is 0 Å². The molecule has 8 nitrogen and oxygen atoms in total. The quantitative estimate of drug-likeness (QED) is 0.345. The third-order valence-corrected chi connectivity index (χ3v) is 2.76. The van der Waals surface area contributed by atoms with E-state index in [0.29, 0.717) is 14.5 Å². The molecule has 0 atom stereocenters. The van der Waals surface area contributed by atoms with E-state index in [-0.39, 0.29) is 11.4 Å². The predicted octanol–water partition coefficient (Wildman–Crippen LogP) is -0.0333. The Balaban J connectivity index is 3.25. The zero-order valence-corrected chi connectivity index (χ0v) is 10.2. The van der Waals surface area contributed by atoms with Gasteiger partial charge >= 0.3 is 12.1 Å². The van der Waals surface area contributed by atoms with Gasteiger partial charge in [0.05, 0.1) is 15.8 Å². The molecular weight excluding hydrogens is 292 g/mol. The number of primary amides is 2. The molecule has 0 heterocycles. The number of anilines is 2. The molecule has 0 bridgehead atoms. The van der Waals surface area contributed by atoms with Crippen molar-refractivity contribution in [2.24, 2.45) is 23.2 Å². The third-order valence-electron chi connectivity index (χ3n) is 1.95. The molecular formula is C8H11BrN6O2. The van der Waals surface area contributed by atoms with Gasteiger partial charge in [-0.2, -0.15) is 0 Å². The van der Waals surface area contributed by atoms with Crippen molar-refractivity contribution in [3.05, 3.63) is 22.7 Å². The van der Waals surface area contributed by atoms with Crippen LogP contribution in [0.15, 0.2) is 22.7 Å². The van der Waals surface area contributed by atoms with Gasteiger partial charge in [-0.1, -0.05) is 6.07 Å². The minimum absolute atomic E-state index is 0.256. The van der Waals surface area contributed by atoms with Crippen LogP contribution in [0.3, 0.4) is 0 Å². The highest BCUT2D eigenvalue weighted by Crippen LogP contribution is 2.33. The normalized spacial score (nSPS) is 9.82. The van der Waals surface area contributed by atoms with E-state index in [0.717, 1.165) is 0 Å². The van der Waals surface area contributed by atoms with Crippen LogP contribution in [-0.4, -0.2) is 12.1 Å². The maximum atomic E-state index is 10.9. The second-order valence-electron chi connectivity index (χ2n) is 3.03. The lowest BCUT2D eigenvalue weighted by Gasteiger charge is -2.20. The van der Waals surface area contributed by atoms with E-state index in [9.17, 15) is 9.59 Å². The lowest BCUT2D eigenvalue weighted by molar-refractivity contribution is 0.253. The topological polar surface area (TPSA) is 145 Å². The largest absolute Gasteiger partial charge is 0.350 e. The maximum Gasteiger partial charge on any atom is 0.333 e. The van der Waals surface area contributed by atoms with Gasteiger partial charge in [-0.3, -0.25) is 0 Å². The van der Waals surface area contributed by atoms with E-state index in [2.05, 4.69) is 15.9 Å². The van der Waals surface area contributed by atoms with Crippen LogP contribution in [0.1, 0.15) is 0 Å². The molecule has 1 aromatic carbocycles. The predicted molar refractivity (Wildman–Crippen MR) is 66.6 cm³/mol. The van der Waals surface area contributed by atoms with Crippen molar-refractivity contribution >= 4 is 39.4 Å². The number of rotatable bonds is 2. The third kappa shape index (κ3) is 2.64. The highest BCUT2D eigenvalue weighted by Gasteiger charge is 2.18. The number of benzene rings is 1. The number of nitrogens with two attached hydrogens (primary N) is 4. The van der Waals surface area contributed by atoms with E-state index >= 15 is 0 Å². The molecule has 0 fully saturated rings. The molecule has 0 radical (unpaired) electrons. The molecule has 0 unspecified atom stereocenters. The Morgan fingerprint density at radius 3 is 1.65 bits per heavy atom. The van der Waals surface area contributed by atoms with Crippen LogP contribution in [-0.2, 0) is 0 Å². The highest BCUT2D eigenvalue weighted by molar-refractivity contribution is 9.10. The number of hydrogen-bond acceptors (Lipinski definition) is 4. The molecule has 0 aliphatic heterocycles. The first-order valence-electron chi connectivity index (χ1n) is 4.33. The fourth-order valence-electron chi connectivity index (χ4n) is 1.12. The summed E-state index contributed by atoms with van der Waals surface area (Å²) in [5.74, 6) is 10.9.